The summed E-state index contributed by atoms with van der Waals surface area (Å²) in [5.41, 5.74) is 6.48. The zero-order valence-electron chi connectivity index (χ0n) is 21.1. The van der Waals surface area contributed by atoms with E-state index in [1.165, 1.54) is 11.8 Å². The molecule has 3 N–H and O–H groups in total. The minimum absolute atomic E-state index is 0.239. The van der Waals surface area contributed by atoms with E-state index in [1.54, 1.807) is 24.8 Å². The van der Waals surface area contributed by atoms with Gasteiger partial charge in [0, 0.05) is 60.8 Å². The van der Waals surface area contributed by atoms with Crippen molar-refractivity contribution in [3.05, 3.63) is 109 Å². The van der Waals surface area contributed by atoms with Crippen LogP contribution >= 0.6 is 0 Å². The lowest BCUT2D eigenvalue weighted by molar-refractivity contribution is 0.642. The Hall–Kier alpha value is -5.35. The molecule has 7 rings (SSSR count). The number of aromatic amines is 2. The Morgan fingerprint density at radius 1 is 0.775 bits per heavy atom. The van der Waals surface area contributed by atoms with Gasteiger partial charge in [0.15, 0.2) is 17.1 Å². The molecule has 0 aliphatic rings. The van der Waals surface area contributed by atoms with Crippen LogP contribution in [0.1, 0.15) is 11.1 Å². The minimum atomic E-state index is -0.455. The molecule has 0 aliphatic heterocycles. The number of H-pyrrole nitrogens is 2. The molecule has 9 nitrogen and oxygen atoms in total. The zero-order chi connectivity index (χ0) is 26.9. The van der Waals surface area contributed by atoms with Gasteiger partial charge in [-0.15, -0.1) is 0 Å². The van der Waals surface area contributed by atoms with Gasteiger partial charge in [-0.05, 0) is 35.4 Å². The summed E-state index contributed by atoms with van der Waals surface area (Å²) in [4.78, 5) is 25.6. The molecule has 0 aliphatic carbocycles. The molecule has 40 heavy (non-hydrogen) atoms. The van der Waals surface area contributed by atoms with Gasteiger partial charge in [0.05, 0.1) is 11.1 Å². The third kappa shape index (κ3) is 4.36. The first kappa shape index (κ1) is 23.7. The Balaban J connectivity index is 1.23. The third-order valence-corrected chi connectivity index (χ3v) is 6.68. The number of imidazole rings is 1. The topological polar surface area (TPSA) is 121 Å². The Bertz CT molecular complexity index is 1950. The van der Waals surface area contributed by atoms with Crippen LogP contribution in [-0.4, -0.2) is 40.1 Å². The lowest BCUT2D eigenvalue weighted by Crippen LogP contribution is -2.12. The number of aromatic nitrogens is 8. The van der Waals surface area contributed by atoms with Crippen LogP contribution in [0, 0.1) is 5.82 Å². The molecule has 0 bridgehead atoms. The average Bonchev–Trinajstić information content (AvgIpc) is 3.63. The predicted octanol–water partition coefficient (Wildman–Crippen LogP) is 5.45. The van der Waals surface area contributed by atoms with E-state index in [0.29, 0.717) is 46.0 Å². The molecule has 0 amide bonds. The minimum Gasteiger partial charge on any atom is -0.321 e. The van der Waals surface area contributed by atoms with Crippen LogP contribution in [0.25, 0.3) is 56.1 Å². The fourth-order valence-corrected chi connectivity index (χ4v) is 4.76. The summed E-state index contributed by atoms with van der Waals surface area (Å²) in [5.74, 6) is -0.0738. The third-order valence-electron chi connectivity index (χ3n) is 6.68. The molecular formula is C30H22FN9. The molecule has 0 atom stereocenters. The molecule has 0 saturated carbocycles. The molecule has 0 spiro atoms. The lowest BCUT2D eigenvalue weighted by atomic mass is 10.1. The van der Waals surface area contributed by atoms with Crippen molar-refractivity contribution >= 4 is 22.2 Å². The van der Waals surface area contributed by atoms with Gasteiger partial charge >= 0.3 is 0 Å². The number of hydrogen-bond acceptors (Lipinski definition) is 7. The van der Waals surface area contributed by atoms with E-state index >= 15 is 4.39 Å². The first-order valence-electron chi connectivity index (χ1n) is 12.7. The van der Waals surface area contributed by atoms with E-state index in [9.17, 15) is 0 Å². The van der Waals surface area contributed by atoms with E-state index in [1.807, 2.05) is 48.5 Å². The molecule has 194 valence electrons. The molecule has 6 aromatic heterocycles. The Morgan fingerprint density at radius 2 is 1.65 bits per heavy atom. The van der Waals surface area contributed by atoms with Crippen molar-refractivity contribution < 1.29 is 4.39 Å². The van der Waals surface area contributed by atoms with Crippen molar-refractivity contribution in [1.29, 1.82) is 0 Å². The fourth-order valence-electron chi connectivity index (χ4n) is 4.76. The number of hydrogen-bond donors (Lipinski definition) is 3. The van der Waals surface area contributed by atoms with Gasteiger partial charge < -0.3 is 10.3 Å². The van der Waals surface area contributed by atoms with Crippen molar-refractivity contribution in [2.75, 3.05) is 0 Å². The second-order valence-corrected chi connectivity index (χ2v) is 9.31. The average molecular weight is 528 g/mol. The highest BCUT2D eigenvalue weighted by molar-refractivity contribution is 5.96. The predicted molar refractivity (Wildman–Crippen MR) is 150 cm³/mol. The van der Waals surface area contributed by atoms with E-state index in [4.69, 9.17) is 4.98 Å². The monoisotopic (exact) mass is 527 g/mol. The standard InChI is InChI=1S/C30H22FN9/c31-25-22(20-12-19(15-33-16-20)14-32-13-18-6-2-1-3-7-18)17-36-28-24(25)27(39-40-28)30-37-26-21(9-11-35-29(26)38-30)23-8-4-5-10-34-23/h1-12,15-17,32H,13-14H2,(H,35,37,38)(H,36,39,40). The van der Waals surface area contributed by atoms with Gasteiger partial charge in [-0.3, -0.25) is 15.1 Å². The highest BCUT2D eigenvalue weighted by Crippen LogP contribution is 2.33. The van der Waals surface area contributed by atoms with E-state index in [-0.39, 0.29) is 5.39 Å². The van der Waals surface area contributed by atoms with Crippen LogP contribution in [-0.2, 0) is 13.1 Å². The maximum Gasteiger partial charge on any atom is 0.161 e. The van der Waals surface area contributed by atoms with Crippen LogP contribution in [0.4, 0.5) is 4.39 Å². The highest BCUT2D eigenvalue weighted by atomic mass is 19.1. The van der Waals surface area contributed by atoms with Gasteiger partial charge in [-0.25, -0.2) is 19.3 Å². The first-order valence-corrected chi connectivity index (χ1v) is 12.7. The molecule has 0 radical (unpaired) electrons. The summed E-state index contributed by atoms with van der Waals surface area (Å²) >= 11 is 0. The van der Waals surface area contributed by atoms with Gasteiger partial charge in [-0.2, -0.15) is 5.10 Å². The van der Waals surface area contributed by atoms with Gasteiger partial charge in [0.2, 0.25) is 0 Å². The molecule has 7 aromatic rings. The number of benzene rings is 1. The largest absolute Gasteiger partial charge is 0.321 e. The van der Waals surface area contributed by atoms with E-state index < -0.39 is 5.82 Å². The summed E-state index contributed by atoms with van der Waals surface area (Å²) in [7, 11) is 0. The Morgan fingerprint density at radius 3 is 2.52 bits per heavy atom. The first-order chi connectivity index (χ1) is 19.7. The zero-order valence-corrected chi connectivity index (χ0v) is 21.1. The van der Waals surface area contributed by atoms with Crippen LogP contribution in [0.15, 0.2) is 91.6 Å². The van der Waals surface area contributed by atoms with E-state index in [0.717, 1.165) is 23.4 Å². The normalized spacial score (nSPS) is 11.4. The smallest absolute Gasteiger partial charge is 0.161 e. The number of nitrogens with one attached hydrogen (secondary N) is 3. The maximum absolute atomic E-state index is 16.1. The fraction of sp³-hybridized carbons (Fsp3) is 0.0667. The summed E-state index contributed by atoms with van der Waals surface area (Å²) < 4.78 is 16.1. The Labute approximate surface area is 227 Å². The second kappa shape index (κ2) is 10.1. The van der Waals surface area contributed by atoms with Crippen molar-refractivity contribution in [2.24, 2.45) is 0 Å². The second-order valence-electron chi connectivity index (χ2n) is 9.31. The van der Waals surface area contributed by atoms with Crippen molar-refractivity contribution in [2.45, 2.75) is 13.1 Å². The molecule has 0 unspecified atom stereocenters. The summed E-state index contributed by atoms with van der Waals surface area (Å²) in [6.07, 6.45) is 8.32. The quantitative estimate of drug-likeness (QED) is 0.252. The number of nitrogens with zero attached hydrogens (tertiary/aromatic N) is 6. The van der Waals surface area contributed by atoms with E-state index in [2.05, 4.69) is 52.6 Å². The van der Waals surface area contributed by atoms with Crippen molar-refractivity contribution in [3.63, 3.8) is 0 Å². The number of fused-ring (bicyclic) bond motifs is 2. The lowest BCUT2D eigenvalue weighted by Gasteiger charge is -2.08. The molecule has 6 heterocycles. The number of pyridine rings is 4. The summed E-state index contributed by atoms with van der Waals surface area (Å²) in [5, 5.41) is 10.8. The number of rotatable bonds is 7. The van der Waals surface area contributed by atoms with Gasteiger partial charge in [0.25, 0.3) is 0 Å². The van der Waals surface area contributed by atoms with Crippen LogP contribution in [0.3, 0.4) is 0 Å². The molecule has 0 fully saturated rings. The summed E-state index contributed by atoms with van der Waals surface area (Å²) in [6.45, 7) is 1.31. The van der Waals surface area contributed by atoms with Gasteiger partial charge in [0.1, 0.15) is 17.0 Å². The van der Waals surface area contributed by atoms with Crippen molar-refractivity contribution in [1.82, 2.24) is 45.4 Å². The maximum atomic E-state index is 16.1. The van der Waals surface area contributed by atoms with Crippen molar-refractivity contribution in [3.8, 4) is 33.9 Å². The summed E-state index contributed by atoms with van der Waals surface area (Å²) in [6, 6.07) is 19.6. The molecule has 0 saturated heterocycles. The SMILES string of the molecule is Fc1c(-c2cncc(CNCc3ccccc3)c2)cnc2[nH]nc(-c3nc4c(-c5ccccn5)ccnc4[nH]3)c12. The highest BCUT2D eigenvalue weighted by Gasteiger charge is 2.21. The number of halogens is 1. The Kier molecular flexibility index (Phi) is 5.98. The van der Waals surface area contributed by atoms with Crippen LogP contribution in [0.5, 0.6) is 0 Å². The van der Waals surface area contributed by atoms with Crippen LogP contribution in [0.2, 0.25) is 0 Å². The molecule has 1 aromatic carbocycles. The molecule has 10 heteroatoms. The van der Waals surface area contributed by atoms with Crippen LogP contribution < -0.4 is 5.32 Å². The molecular weight excluding hydrogens is 505 g/mol. The van der Waals surface area contributed by atoms with Gasteiger partial charge in [-0.1, -0.05) is 36.4 Å².